The summed E-state index contributed by atoms with van der Waals surface area (Å²) < 4.78 is 30.5. The number of allylic oxidation sites excluding steroid dienone is 19. The predicted molar refractivity (Wildman–Crippen MR) is 376 cm³/mol. The molecular formula is C77H135N2O7P. The number of likely N-dealkylation sites (N-methyl/N-ethyl adjacent to an activating group) is 1. The van der Waals surface area contributed by atoms with E-state index in [9.17, 15) is 19.0 Å². The lowest BCUT2D eigenvalue weighted by molar-refractivity contribution is -0.870. The molecule has 0 heterocycles. The van der Waals surface area contributed by atoms with E-state index in [1.54, 1.807) is 0 Å². The molecule has 0 radical (unpaired) electrons. The highest BCUT2D eigenvalue weighted by molar-refractivity contribution is 7.45. The van der Waals surface area contributed by atoms with Crippen molar-refractivity contribution in [2.75, 3.05) is 40.9 Å². The number of hydrogen-bond donors (Lipinski definition) is 1. The zero-order valence-electron chi connectivity index (χ0n) is 57.2. The number of amides is 1. The van der Waals surface area contributed by atoms with Crippen molar-refractivity contribution in [1.82, 2.24) is 5.32 Å². The molecule has 0 saturated carbocycles. The van der Waals surface area contributed by atoms with Crippen molar-refractivity contribution in [3.8, 4) is 0 Å². The van der Waals surface area contributed by atoms with Crippen LogP contribution in [0.3, 0.4) is 0 Å². The molecule has 500 valence electrons. The summed E-state index contributed by atoms with van der Waals surface area (Å²) in [6.45, 7) is 6.70. The van der Waals surface area contributed by atoms with Crippen LogP contribution in [-0.4, -0.2) is 69.4 Å². The molecule has 10 heteroatoms. The Morgan fingerprint density at radius 3 is 1.13 bits per heavy atom. The first-order valence-corrected chi connectivity index (χ1v) is 37.3. The van der Waals surface area contributed by atoms with Crippen LogP contribution < -0.4 is 10.2 Å². The monoisotopic (exact) mass is 1230 g/mol. The van der Waals surface area contributed by atoms with Crippen LogP contribution in [0, 0.1) is 0 Å². The van der Waals surface area contributed by atoms with E-state index in [1.165, 1.54) is 128 Å². The molecule has 0 aliphatic heterocycles. The maximum Gasteiger partial charge on any atom is 0.306 e. The van der Waals surface area contributed by atoms with Gasteiger partial charge in [-0.05, 0) is 122 Å². The third-order valence-corrected chi connectivity index (χ3v) is 16.3. The van der Waals surface area contributed by atoms with Crippen molar-refractivity contribution in [2.24, 2.45) is 0 Å². The number of phosphoric ester groups is 1. The Hall–Kier alpha value is -3.59. The molecule has 0 aromatic rings. The van der Waals surface area contributed by atoms with Crippen LogP contribution in [0.25, 0.3) is 0 Å². The zero-order chi connectivity index (χ0) is 63.5. The number of esters is 1. The summed E-state index contributed by atoms with van der Waals surface area (Å²) in [5, 5.41) is 3.03. The van der Waals surface area contributed by atoms with Crippen molar-refractivity contribution in [1.29, 1.82) is 0 Å². The first kappa shape index (κ1) is 83.4. The summed E-state index contributed by atoms with van der Waals surface area (Å²) in [4.78, 5) is 40.2. The summed E-state index contributed by atoms with van der Waals surface area (Å²) in [6, 6.07) is -0.909. The van der Waals surface area contributed by atoms with Crippen LogP contribution in [0.1, 0.15) is 303 Å². The van der Waals surface area contributed by atoms with E-state index in [4.69, 9.17) is 13.8 Å². The molecule has 87 heavy (non-hydrogen) atoms. The predicted octanol–water partition coefficient (Wildman–Crippen LogP) is 22.4. The molecule has 0 aromatic carbocycles. The number of hydrogen-bond acceptors (Lipinski definition) is 7. The van der Waals surface area contributed by atoms with Gasteiger partial charge < -0.3 is 28.5 Å². The van der Waals surface area contributed by atoms with Crippen molar-refractivity contribution in [3.63, 3.8) is 0 Å². The molecule has 0 aliphatic rings. The summed E-state index contributed by atoms with van der Waals surface area (Å²) >= 11 is 0. The Kier molecular flexibility index (Phi) is 62.7. The number of rotatable bonds is 64. The van der Waals surface area contributed by atoms with Gasteiger partial charge in [-0.2, -0.15) is 0 Å². The Balaban J connectivity index is 5.14. The number of nitrogens with zero attached hydrogens (tertiary/aromatic N) is 1. The van der Waals surface area contributed by atoms with Crippen LogP contribution in [0.15, 0.2) is 122 Å². The van der Waals surface area contributed by atoms with Crippen molar-refractivity contribution in [2.45, 2.75) is 315 Å². The van der Waals surface area contributed by atoms with E-state index >= 15 is 0 Å². The Bertz CT molecular complexity index is 1900. The summed E-state index contributed by atoms with van der Waals surface area (Å²) in [7, 11) is 1.16. The van der Waals surface area contributed by atoms with Gasteiger partial charge in [0, 0.05) is 12.8 Å². The highest BCUT2D eigenvalue weighted by Gasteiger charge is 2.27. The second kappa shape index (κ2) is 65.4. The minimum atomic E-state index is -4.72. The number of unbranched alkanes of at least 4 members (excludes halogenated alkanes) is 30. The van der Waals surface area contributed by atoms with Gasteiger partial charge in [0.2, 0.25) is 5.91 Å². The van der Waals surface area contributed by atoms with Gasteiger partial charge in [0.15, 0.2) is 0 Å². The van der Waals surface area contributed by atoms with Gasteiger partial charge in [0.05, 0.1) is 33.8 Å². The van der Waals surface area contributed by atoms with Gasteiger partial charge in [-0.1, -0.05) is 290 Å². The molecule has 0 saturated heterocycles. The Labute approximate surface area is 537 Å². The lowest BCUT2D eigenvalue weighted by Gasteiger charge is -2.30. The summed E-state index contributed by atoms with van der Waals surface area (Å²) in [6.07, 6.45) is 91.7. The fraction of sp³-hybridized carbons (Fsp3) is 0.714. The minimum absolute atomic E-state index is 0.0321. The lowest BCUT2D eigenvalue weighted by atomic mass is 10.0. The van der Waals surface area contributed by atoms with Crippen LogP contribution >= 0.6 is 7.82 Å². The van der Waals surface area contributed by atoms with Gasteiger partial charge in [0.25, 0.3) is 7.82 Å². The number of carbonyl (C=O) groups excluding carboxylic acids is 2. The van der Waals surface area contributed by atoms with Gasteiger partial charge >= 0.3 is 5.97 Å². The molecule has 0 bridgehead atoms. The van der Waals surface area contributed by atoms with Gasteiger partial charge in [-0.25, -0.2) is 0 Å². The fourth-order valence-electron chi connectivity index (χ4n) is 9.89. The number of nitrogens with one attached hydrogen (secondary N) is 1. The number of ether oxygens (including phenoxy) is 1. The van der Waals surface area contributed by atoms with E-state index in [-0.39, 0.29) is 31.3 Å². The standard InChI is InChI=1S/C77H135N2O7P/c1-7-10-13-16-19-22-25-28-30-32-34-36-37-38-39-40-41-43-45-47-49-52-55-58-61-64-67-70-77(81)86-75(68-65-62-59-56-53-50-27-24-21-18-15-12-9-3)74(73-85-87(82,83)84-72-71-79(4,5)6)78-76(80)69-66-63-60-57-54-51-48-46-44-42-35-33-31-29-26-23-20-17-14-11-8-2/h10,13,19-20,22-23,28-31,34-36,38-39,42,46,48,65,68,74-75H,7-9,11-12,14-18,21,24-27,32-33,37,40-41,43-45,47,49-64,66-67,69-73H2,1-6H3,(H-,78,80,82,83)/b13-10-,22-19-,23-20-,30-28-,31-29-,36-34-,39-38-,42-35-,48-46-,68-65-. The molecule has 0 aromatic heterocycles. The quantitative estimate of drug-likeness (QED) is 0.0212. The molecule has 0 fully saturated rings. The molecule has 9 nitrogen and oxygen atoms in total. The number of carbonyl (C=O) groups is 2. The molecular weight excluding hydrogens is 1100 g/mol. The fourth-order valence-corrected chi connectivity index (χ4v) is 10.6. The molecule has 0 spiro atoms. The molecule has 0 rings (SSSR count). The molecule has 1 N–H and O–H groups in total. The Morgan fingerprint density at radius 2 is 0.736 bits per heavy atom. The molecule has 3 atom stereocenters. The van der Waals surface area contributed by atoms with Crippen molar-refractivity contribution >= 4 is 19.7 Å². The van der Waals surface area contributed by atoms with E-state index in [1.807, 2.05) is 33.3 Å². The summed E-state index contributed by atoms with van der Waals surface area (Å²) in [5.74, 6) is -0.566. The van der Waals surface area contributed by atoms with E-state index in [0.29, 0.717) is 17.4 Å². The second-order valence-corrected chi connectivity index (χ2v) is 26.4. The van der Waals surface area contributed by atoms with Crippen LogP contribution in [0.4, 0.5) is 0 Å². The smallest absolute Gasteiger partial charge is 0.306 e. The minimum Gasteiger partial charge on any atom is -0.756 e. The van der Waals surface area contributed by atoms with E-state index in [0.717, 1.165) is 135 Å². The van der Waals surface area contributed by atoms with Crippen LogP contribution in [0.5, 0.6) is 0 Å². The third-order valence-electron chi connectivity index (χ3n) is 15.4. The van der Waals surface area contributed by atoms with Gasteiger partial charge in [-0.15, -0.1) is 0 Å². The summed E-state index contributed by atoms with van der Waals surface area (Å²) in [5.41, 5.74) is 0. The van der Waals surface area contributed by atoms with Gasteiger partial charge in [-0.3, -0.25) is 14.2 Å². The largest absolute Gasteiger partial charge is 0.756 e. The maximum atomic E-state index is 13.6. The first-order chi connectivity index (χ1) is 42.4. The van der Waals surface area contributed by atoms with Crippen LogP contribution in [0.2, 0.25) is 0 Å². The highest BCUT2D eigenvalue weighted by Crippen LogP contribution is 2.38. The van der Waals surface area contributed by atoms with E-state index in [2.05, 4.69) is 135 Å². The van der Waals surface area contributed by atoms with E-state index < -0.39 is 26.6 Å². The third kappa shape index (κ3) is 66.7. The maximum absolute atomic E-state index is 13.6. The lowest BCUT2D eigenvalue weighted by Crippen LogP contribution is -2.47. The van der Waals surface area contributed by atoms with Crippen molar-refractivity contribution in [3.05, 3.63) is 122 Å². The second-order valence-electron chi connectivity index (χ2n) is 25.0. The SMILES string of the molecule is CC/C=C\C/C=C\C/C=C\C/C=C\C/C=C\CCCCCCCCCCCCCC(=O)OC(/C=C\CCCCCCCCCCCCC)C(COP(=O)([O-])OCC[N+](C)(C)C)NC(=O)CCCCCCC/C=C\C/C=C\C/C=C\C/C=C\CCCCC. The van der Waals surface area contributed by atoms with Crippen molar-refractivity contribution < 1.29 is 37.3 Å². The first-order valence-electron chi connectivity index (χ1n) is 35.8. The molecule has 0 aliphatic carbocycles. The average molecular weight is 1230 g/mol. The Morgan fingerprint density at radius 1 is 0.414 bits per heavy atom. The average Bonchev–Trinajstić information content (AvgIpc) is 3.70. The van der Waals surface area contributed by atoms with Crippen LogP contribution in [-0.2, 0) is 27.9 Å². The van der Waals surface area contributed by atoms with Gasteiger partial charge in [0.1, 0.15) is 19.3 Å². The molecule has 3 unspecified atom stereocenters. The highest BCUT2D eigenvalue weighted by atomic mass is 31.2. The zero-order valence-corrected chi connectivity index (χ0v) is 58.1. The molecule has 1 amide bonds. The normalized spacial score (nSPS) is 14.2. The number of phosphoric acid groups is 1. The topological polar surface area (TPSA) is 114 Å². The number of quaternary nitrogens is 1.